The molecule has 2 atom stereocenters. The Bertz CT molecular complexity index is 1170. The second kappa shape index (κ2) is 7.78. The second-order valence-corrected chi connectivity index (χ2v) is 8.96. The molecule has 2 aliphatic rings. The Morgan fingerprint density at radius 2 is 2.16 bits per heavy atom. The highest BCUT2D eigenvalue weighted by Gasteiger charge is 2.32. The minimum atomic E-state index is -0.568. The maximum absolute atomic E-state index is 9.34. The molecule has 1 aliphatic heterocycles. The summed E-state index contributed by atoms with van der Waals surface area (Å²) in [5.41, 5.74) is 2.49. The van der Waals surface area contributed by atoms with Gasteiger partial charge in [0.15, 0.2) is 5.82 Å². The van der Waals surface area contributed by atoms with Crippen molar-refractivity contribution in [3.05, 3.63) is 47.9 Å². The van der Waals surface area contributed by atoms with Gasteiger partial charge in [-0.25, -0.2) is 15.0 Å². The van der Waals surface area contributed by atoms with E-state index in [1.807, 2.05) is 44.3 Å². The molecule has 1 fully saturated rings. The van der Waals surface area contributed by atoms with Crippen LogP contribution < -0.4 is 4.74 Å². The quantitative estimate of drug-likeness (QED) is 0.591. The number of benzene rings is 1. The first-order valence-corrected chi connectivity index (χ1v) is 10.7. The predicted molar refractivity (Wildman–Crippen MR) is 118 cm³/mol. The number of nitrogens with zero attached hydrogens (tertiary/aromatic N) is 4. The number of aromatic amines is 1. The molecule has 3 aromatic rings. The van der Waals surface area contributed by atoms with Crippen molar-refractivity contribution < 1.29 is 9.47 Å². The van der Waals surface area contributed by atoms with Gasteiger partial charge in [0, 0.05) is 17.5 Å². The van der Waals surface area contributed by atoms with Crippen LogP contribution in [0.1, 0.15) is 49.8 Å². The van der Waals surface area contributed by atoms with Crippen LogP contribution in [0.5, 0.6) is 5.75 Å². The lowest BCUT2D eigenvalue weighted by molar-refractivity contribution is -0.0179. The molecular weight excluding hydrogens is 390 g/mol. The number of H-pyrrole nitrogens is 1. The van der Waals surface area contributed by atoms with E-state index in [0.717, 1.165) is 22.3 Å². The minimum Gasteiger partial charge on any atom is -0.491 e. The van der Waals surface area contributed by atoms with Crippen molar-refractivity contribution in [1.29, 1.82) is 5.26 Å². The van der Waals surface area contributed by atoms with Crippen LogP contribution in [-0.2, 0) is 4.74 Å². The maximum atomic E-state index is 9.34. The van der Waals surface area contributed by atoms with Gasteiger partial charge in [0.2, 0.25) is 0 Å². The number of rotatable bonds is 6. The van der Waals surface area contributed by atoms with Crippen molar-refractivity contribution in [3.63, 3.8) is 0 Å². The third kappa shape index (κ3) is 4.04. The van der Waals surface area contributed by atoms with E-state index >= 15 is 0 Å². The van der Waals surface area contributed by atoms with Gasteiger partial charge in [-0.05, 0) is 44.7 Å². The Hall–Kier alpha value is -3.24. The lowest BCUT2D eigenvalue weighted by atomic mass is 9.91. The number of aromatic nitrogens is 3. The molecule has 0 bridgehead atoms. The van der Waals surface area contributed by atoms with E-state index in [-0.39, 0.29) is 12.0 Å². The summed E-state index contributed by atoms with van der Waals surface area (Å²) >= 11 is 0. The van der Waals surface area contributed by atoms with Crippen LogP contribution >= 0.6 is 0 Å². The molecule has 3 heterocycles. The van der Waals surface area contributed by atoms with Crippen molar-refractivity contribution in [2.24, 2.45) is 10.4 Å². The molecule has 7 heteroatoms. The van der Waals surface area contributed by atoms with E-state index < -0.39 is 5.41 Å². The fraction of sp³-hybridized carbons (Fsp3) is 0.417. The fourth-order valence-electron chi connectivity index (χ4n) is 3.85. The van der Waals surface area contributed by atoms with Gasteiger partial charge in [-0.15, -0.1) is 0 Å². The number of nitrogens with one attached hydrogen (secondary N) is 1. The van der Waals surface area contributed by atoms with Gasteiger partial charge in [0.05, 0.1) is 29.4 Å². The van der Waals surface area contributed by atoms with Gasteiger partial charge in [-0.2, -0.15) is 5.26 Å². The van der Waals surface area contributed by atoms with E-state index in [1.54, 1.807) is 6.33 Å². The fourth-order valence-corrected chi connectivity index (χ4v) is 3.85. The van der Waals surface area contributed by atoms with Crippen molar-refractivity contribution in [2.75, 3.05) is 13.2 Å². The molecule has 0 radical (unpaired) electrons. The lowest BCUT2D eigenvalue weighted by Gasteiger charge is -2.32. The first-order valence-electron chi connectivity index (χ1n) is 10.7. The zero-order valence-corrected chi connectivity index (χ0v) is 17.7. The molecular formula is C24H25N5O2. The van der Waals surface area contributed by atoms with Crippen LogP contribution in [-0.4, -0.2) is 40.5 Å². The van der Waals surface area contributed by atoms with Gasteiger partial charge in [-0.1, -0.05) is 18.2 Å². The SMILES string of the molecule is CC(C)(C#N)CO[C@H]1COc2ccccc2C1C=Nc1ncnc2[nH]c(C3CC3)cc12. The van der Waals surface area contributed by atoms with Crippen molar-refractivity contribution >= 4 is 23.1 Å². The largest absolute Gasteiger partial charge is 0.491 e. The molecule has 1 aliphatic carbocycles. The summed E-state index contributed by atoms with van der Waals surface area (Å²) in [6, 6.07) is 12.4. The number of aliphatic imine (C=N–C) groups is 1. The zero-order valence-electron chi connectivity index (χ0n) is 17.7. The third-order valence-corrected chi connectivity index (χ3v) is 5.84. The molecule has 1 saturated carbocycles. The average Bonchev–Trinajstić information content (AvgIpc) is 3.55. The molecule has 2 aromatic heterocycles. The first-order chi connectivity index (χ1) is 15.0. The number of hydrogen-bond acceptors (Lipinski definition) is 6. The monoisotopic (exact) mass is 415 g/mol. The van der Waals surface area contributed by atoms with E-state index in [0.29, 0.717) is 24.9 Å². The van der Waals surface area contributed by atoms with E-state index in [9.17, 15) is 5.26 Å². The van der Waals surface area contributed by atoms with Gasteiger partial charge < -0.3 is 14.5 Å². The summed E-state index contributed by atoms with van der Waals surface area (Å²) in [6.45, 7) is 4.47. The molecule has 158 valence electrons. The van der Waals surface area contributed by atoms with Crippen LogP contribution in [0, 0.1) is 16.7 Å². The summed E-state index contributed by atoms with van der Waals surface area (Å²) in [7, 11) is 0. The molecule has 0 spiro atoms. The van der Waals surface area contributed by atoms with Crippen LogP contribution in [0.25, 0.3) is 11.0 Å². The molecule has 1 unspecified atom stereocenters. The third-order valence-electron chi connectivity index (χ3n) is 5.84. The van der Waals surface area contributed by atoms with Crippen molar-refractivity contribution in [3.8, 4) is 11.8 Å². The summed E-state index contributed by atoms with van der Waals surface area (Å²) < 4.78 is 12.1. The summed E-state index contributed by atoms with van der Waals surface area (Å²) in [5.74, 6) is 1.98. The molecule has 7 nitrogen and oxygen atoms in total. The predicted octanol–water partition coefficient (Wildman–Crippen LogP) is 4.65. The highest BCUT2D eigenvalue weighted by Crippen LogP contribution is 2.41. The number of fused-ring (bicyclic) bond motifs is 2. The number of ether oxygens (including phenoxy) is 2. The van der Waals surface area contributed by atoms with E-state index in [4.69, 9.17) is 14.5 Å². The van der Waals surface area contributed by atoms with Crippen LogP contribution in [0.2, 0.25) is 0 Å². The van der Waals surface area contributed by atoms with Gasteiger partial charge in [0.1, 0.15) is 30.4 Å². The number of nitriles is 1. The van der Waals surface area contributed by atoms with Crippen LogP contribution in [0.4, 0.5) is 5.82 Å². The zero-order chi connectivity index (χ0) is 21.4. The summed E-state index contributed by atoms with van der Waals surface area (Å²) in [4.78, 5) is 17.0. The highest BCUT2D eigenvalue weighted by atomic mass is 16.5. The van der Waals surface area contributed by atoms with Crippen molar-refractivity contribution in [2.45, 2.75) is 44.6 Å². The normalized spacial score (nSPS) is 21.1. The Morgan fingerprint density at radius 3 is 2.97 bits per heavy atom. The van der Waals surface area contributed by atoms with E-state index in [2.05, 4.69) is 27.1 Å². The lowest BCUT2D eigenvalue weighted by Crippen LogP contribution is -2.36. The molecule has 1 N–H and O–H groups in total. The molecule has 5 rings (SSSR count). The molecule has 0 saturated heterocycles. The number of hydrogen-bond donors (Lipinski definition) is 1. The number of para-hydroxylation sites is 1. The minimum absolute atomic E-state index is 0.105. The molecule has 0 amide bonds. The highest BCUT2D eigenvalue weighted by molar-refractivity contribution is 5.88. The summed E-state index contributed by atoms with van der Waals surface area (Å²) in [6.07, 6.45) is 5.64. The Balaban J connectivity index is 1.46. The molecule has 1 aromatic carbocycles. The smallest absolute Gasteiger partial charge is 0.164 e. The van der Waals surface area contributed by atoms with Gasteiger partial charge >= 0.3 is 0 Å². The van der Waals surface area contributed by atoms with E-state index in [1.165, 1.54) is 18.5 Å². The summed E-state index contributed by atoms with van der Waals surface area (Å²) in [5, 5.41) is 10.3. The Labute approximate surface area is 181 Å². The van der Waals surface area contributed by atoms with Gasteiger partial charge in [0.25, 0.3) is 0 Å². The Morgan fingerprint density at radius 1 is 1.32 bits per heavy atom. The Kier molecular flexibility index (Phi) is 4.95. The molecule has 31 heavy (non-hydrogen) atoms. The van der Waals surface area contributed by atoms with Crippen molar-refractivity contribution in [1.82, 2.24) is 15.0 Å². The second-order valence-electron chi connectivity index (χ2n) is 8.96. The maximum Gasteiger partial charge on any atom is 0.164 e. The average molecular weight is 415 g/mol. The van der Waals surface area contributed by atoms with Crippen LogP contribution in [0.3, 0.4) is 0 Å². The van der Waals surface area contributed by atoms with Gasteiger partial charge in [-0.3, -0.25) is 0 Å². The first kappa shape index (κ1) is 19.7. The standard InChI is InChI=1S/C24H25N5O2/c1-24(2,12-25)13-31-21-11-30-20-6-4-3-5-16(20)18(21)10-26-22-17-9-19(15-7-8-15)29-23(17)28-14-27-22/h3-6,9-10,14-15,18,21H,7-8,11,13H2,1-2H3,(H,27,28,29)/t18?,21-/m0/s1. The van der Waals surface area contributed by atoms with Crippen LogP contribution in [0.15, 0.2) is 41.7 Å². The topological polar surface area (TPSA) is 96.2 Å².